The Hall–Kier alpha value is -1.96. The maximum absolute atomic E-state index is 5.38. The molecule has 156 valence electrons. The molecule has 1 saturated carbocycles. The van der Waals surface area contributed by atoms with Crippen molar-refractivity contribution in [3.05, 3.63) is 59.4 Å². The molecule has 1 aromatic carbocycles. The minimum absolute atomic E-state index is 0.234. The number of hydrogen-bond acceptors (Lipinski definition) is 2. The van der Waals surface area contributed by atoms with Crippen LogP contribution in [-0.4, -0.2) is 10.7 Å². The van der Waals surface area contributed by atoms with Crippen LogP contribution in [-0.2, 0) is 0 Å². The van der Waals surface area contributed by atoms with E-state index in [2.05, 4.69) is 71.9 Å². The van der Waals surface area contributed by atoms with Crippen molar-refractivity contribution in [2.24, 2.45) is 16.3 Å². The molecule has 2 nitrogen and oxygen atoms in total. The van der Waals surface area contributed by atoms with Crippen LogP contribution in [0.25, 0.3) is 0 Å². The number of aromatic nitrogens is 1. The fourth-order valence-electron chi connectivity index (χ4n) is 4.78. The molecule has 1 heterocycles. The molecule has 1 aliphatic carbocycles. The highest BCUT2D eigenvalue weighted by atomic mass is 14.8. The highest BCUT2D eigenvalue weighted by molar-refractivity contribution is 6.01. The zero-order valence-electron chi connectivity index (χ0n) is 19.2. The van der Waals surface area contributed by atoms with Crippen LogP contribution in [0.4, 0.5) is 5.69 Å². The van der Waals surface area contributed by atoms with Gasteiger partial charge in [0.2, 0.25) is 0 Å². The van der Waals surface area contributed by atoms with Gasteiger partial charge in [0, 0.05) is 6.20 Å². The van der Waals surface area contributed by atoms with E-state index < -0.39 is 0 Å². The van der Waals surface area contributed by atoms with E-state index in [0.29, 0.717) is 11.8 Å². The molecule has 2 aromatic rings. The third-order valence-electron chi connectivity index (χ3n) is 6.63. The molecule has 2 heteroatoms. The second kappa shape index (κ2) is 9.24. The maximum atomic E-state index is 5.38. The Labute approximate surface area is 177 Å². The van der Waals surface area contributed by atoms with E-state index in [1.54, 1.807) is 0 Å². The van der Waals surface area contributed by atoms with Crippen molar-refractivity contribution < 1.29 is 0 Å². The van der Waals surface area contributed by atoms with E-state index >= 15 is 0 Å². The summed E-state index contributed by atoms with van der Waals surface area (Å²) in [5.41, 5.74) is 6.23. The van der Waals surface area contributed by atoms with Crippen molar-refractivity contribution in [1.29, 1.82) is 0 Å². The monoisotopic (exact) mass is 390 g/mol. The zero-order valence-corrected chi connectivity index (χ0v) is 19.2. The largest absolute Gasteiger partial charge is 0.255 e. The van der Waals surface area contributed by atoms with Gasteiger partial charge in [0.05, 0.1) is 17.1 Å². The quantitative estimate of drug-likeness (QED) is 0.439. The number of benzene rings is 1. The lowest BCUT2D eigenvalue weighted by atomic mass is 9.73. The van der Waals surface area contributed by atoms with Crippen LogP contribution in [0.5, 0.6) is 0 Å². The molecule has 1 aromatic heterocycles. The first kappa shape index (κ1) is 21.7. The van der Waals surface area contributed by atoms with Gasteiger partial charge in [0.15, 0.2) is 0 Å². The number of para-hydroxylation sites is 1. The molecule has 0 unspecified atom stereocenters. The van der Waals surface area contributed by atoms with Gasteiger partial charge in [0.1, 0.15) is 0 Å². The van der Waals surface area contributed by atoms with Crippen molar-refractivity contribution in [3.8, 4) is 0 Å². The Morgan fingerprint density at radius 3 is 2.10 bits per heavy atom. The fourth-order valence-corrected chi connectivity index (χ4v) is 4.78. The van der Waals surface area contributed by atoms with E-state index in [4.69, 9.17) is 9.98 Å². The molecule has 0 aliphatic heterocycles. The highest BCUT2D eigenvalue weighted by Gasteiger charge is 2.33. The van der Waals surface area contributed by atoms with Gasteiger partial charge >= 0.3 is 0 Å². The first-order valence-corrected chi connectivity index (χ1v) is 11.4. The van der Waals surface area contributed by atoms with E-state index in [9.17, 15) is 0 Å². The average Bonchev–Trinajstić information content (AvgIpc) is 3.23. The van der Waals surface area contributed by atoms with Crippen LogP contribution < -0.4 is 0 Å². The second-order valence-electron chi connectivity index (χ2n) is 10.0. The smallest absolute Gasteiger partial charge is 0.0844 e. The Morgan fingerprint density at radius 2 is 1.59 bits per heavy atom. The number of nitrogens with zero attached hydrogens (tertiary/aromatic N) is 2. The molecular weight excluding hydrogens is 352 g/mol. The van der Waals surface area contributed by atoms with Crippen LogP contribution in [0, 0.1) is 11.3 Å². The Balaban J connectivity index is 2.11. The van der Waals surface area contributed by atoms with Crippen molar-refractivity contribution in [3.63, 3.8) is 0 Å². The molecule has 1 fully saturated rings. The van der Waals surface area contributed by atoms with Crippen LogP contribution in [0.15, 0.2) is 47.6 Å². The molecule has 0 N–H and O–H groups in total. The first-order valence-electron chi connectivity index (χ1n) is 11.4. The SMILES string of the molecule is CC(C)c1cccc(C(C)C)c1N=C(CC(C)(C)C1CCCC1)c1ccccn1. The lowest BCUT2D eigenvalue weighted by molar-refractivity contribution is 0.227. The minimum atomic E-state index is 0.234. The molecular formula is C27H38N2. The Kier molecular flexibility index (Phi) is 6.93. The van der Waals surface area contributed by atoms with Gasteiger partial charge in [-0.3, -0.25) is 9.98 Å². The van der Waals surface area contributed by atoms with Crippen LogP contribution in [0.3, 0.4) is 0 Å². The average molecular weight is 391 g/mol. The molecule has 3 rings (SSSR count). The van der Waals surface area contributed by atoms with Crippen molar-refractivity contribution in [1.82, 2.24) is 4.98 Å². The van der Waals surface area contributed by atoms with E-state index in [1.807, 2.05) is 12.3 Å². The van der Waals surface area contributed by atoms with E-state index in [1.165, 1.54) is 42.5 Å². The molecule has 29 heavy (non-hydrogen) atoms. The summed E-state index contributed by atoms with van der Waals surface area (Å²) in [6.45, 7) is 13.9. The zero-order chi connectivity index (χ0) is 21.0. The van der Waals surface area contributed by atoms with E-state index in [0.717, 1.165) is 23.7 Å². The van der Waals surface area contributed by atoms with Gasteiger partial charge in [-0.05, 0) is 65.7 Å². The van der Waals surface area contributed by atoms with Gasteiger partial charge in [-0.15, -0.1) is 0 Å². The predicted octanol–water partition coefficient (Wildman–Crippen LogP) is 8.06. The van der Waals surface area contributed by atoms with Crippen molar-refractivity contribution in [2.45, 2.75) is 85.5 Å². The Morgan fingerprint density at radius 1 is 0.966 bits per heavy atom. The Bertz CT molecular complexity index is 799. The highest BCUT2D eigenvalue weighted by Crippen LogP contribution is 2.43. The first-order chi connectivity index (χ1) is 13.8. The van der Waals surface area contributed by atoms with Gasteiger partial charge in [-0.25, -0.2) is 0 Å². The van der Waals surface area contributed by atoms with E-state index in [-0.39, 0.29) is 5.41 Å². The lowest BCUT2D eigenvalue weighted by Gasteiger charge is -2.32. The summed E-state index contributed by atoms with van der Waals surface area (Å²) in [6, 6.07) is 12.9. The maximum Gasteiger partial charge on any atom is 0.0844 e. The van der Waals surface area contributed by atoms with Gasteiger partial charge < -0.3 is 0 Å². The van der Waals surface area contributed by atoms with Gasteiger partial charge in [-0.1, -0.05) is 78.6 Å². The minimum Gasteiger partial charge on any atom is -0.255 e. The van der Waals surface area contributed by atoms with Crippen LogP contribution in [0.2, 0.25) is 0 Å². The standard InChI is InChI=1S/C27H38N2/c1-19(2)22-14-11-15-23(20(3)4)26(22)29-25(24-16-9-10-17-28-24)18-27(5,6)21-12-7-8-13-21/h9-11,14-17,19-21H,7-8,12-13,18H2,1-6H3. The molecule has 0 bridgehead atoms. The van der Waals surface area contributed by atoms with Gasteiger partial charge in [0.25, 0.3) is 0 Å². The summed E-state index contributed by atoms with van der Waals surface area (Å²) in [5.74, 6) is 1.67. The molecule has 0 atom stereocenters. The number of rotatable bonds is 7. The summed E-state index contributed by atoms with van der Waals surface area (Å²) in [7, 11) is 0. The summed E-state index contributed by atoms with van der Waals surface area (Å²) in [4.78, 5) is 10.1. The molecule has 0 saturated heterocycles. The third-order valence-corrected chi connectivity index (χ3v) is 6.63. The van der Waals surface area contributed by atoms with Crippen LogP contribution >= 0.6 is 0 Å². The third kappa shape index (κ3) is 5.15. The van der Waals surface area contributed by atoms with Crippen molar-refractivity contribution >= 4 is 11.4 Å². The summed E-state index contributed by atoms with van der Waals surface area (Å²) in [5, 5.41) is 0. The lowest BCUT2D eigenvalue weighted by Crippen LogP contribution is -2.26. The van der Waals surface area contributed by atoms with Gasteiger partial charge in [-0.2, -0.15) is 0 Å². The molecule has 0 amide bonds. The predicted molar refractivity (Wildman–Crippen MR) is 125 cm³/mol. The second-order valence-corrected chi connectivity index (χ2v) is 10.0. The van der Waals surface area contributed by atoms with Crippen molar-refractivity contribution in [2.75, 3.05) is 0 Å². The number of hydrogen-bond donors (Lipinski definition) is 0. The summed E-state index contributed by atoms with van der Waals surface area (Å²) >= 11 is 0. The topological polar surface area (TPSA) is 25.2 Å². The normalized spacial score (nSPS) is 16.2. The van der Waals surface area contributed by atoms with Crippen LogP contribution in [0.1, 0.15) is 102 Å². The summed E-state index contributed by atoms with van der Waals surface area (Å²) in [6.07, 6.45) is 8.31. The number of pyridine rings is 1. The fraction of sp³-hybridized carbons (Fsp3) is 0.556. The summed E-state index contributed by atoms with van der Waals surface area (Å²) < 4.78 is 0. The molecule has 0 radical (unpaired) electrons. The molecule has 0 spiro atoms. The molecule has 1 aliphatic rings. The number of aliphatic imine (C=N–C) groups is 1.